The van der Waals surface area contributed by atoms with Gasteiger partial charge in [0.15, 0.2) is 0 Å². The first-order chi connectivity index (χ1) is 9.61. The van der Waals surface area contributed by atoms with Gasteiger partial charge in [-0.05, 0) is 38.3 Å². The quantitative estimate of drug-likeness (QED) is 0.387. The van der Waals surface area contributed by atoms with Gasteiger partial charge in [0.2, 0.25) is 0 Å². The van der Waals surface area contributed by atoms with Crippen LogP contribution in [0.2, 0.25) is 0 Å². The van der Waals surface area contributed by atoms with Crippen molar-refractivity contribution in [2.45, 2.75) is 51.2 Å². The second kappa shape index (κ2) is 6.70. The minimum atomic E-state index is -0.542. The molecule has 4 nitrogen and oxygen atoms in total. The first-order valence-electron chi connectivity index (χ1n) is 6.95. The maximum Gasteiger partial charge on any atom is 0.131 e. The van der Waals surface area contributed by atoms with E-state index in [1.807, 2.05) is 0 Å². The predicted octanol–water partition coefficient (Wildman–Crippen LogP) is 3.10. The summed E-state index contributed by atoms with van der Waals surface area (Å²) < 4.78 is 19.2. The van der Waals surface area contributed by atoms with Crippen LogP contribution in [0.5, 0.6) is 5.75 Å². The molecule has 2 atom stereocenters. The van der Waals surface area contributed by atoms with Crippen LogP contribution >= 0.6 is 0 Å². The van der Waals surface area contributed by atoms with Gasteiger partial charge >= 0.3 is 0 Å². The van der Waals surface area contributed by atoms with Crippen LogP contribution in [0.4, 0.5) is 4.39 Å². The molecule has 0 spiro atoms. The molecule has 1 fully saturated rings. The molecule has 2 unspecified atom stereocenters. The van der Waals surface area contributed by atoms with E-state index in [1.54, 1.807) is 6.92 Å². The average molecular weight is 281 g/mol. The lowest BCUT2D eigenvalue weighted by Gasteiger charge is -2.23. The number of hydrogen-bond donors (Lipinski definition) is 2. The van der Waals surface area contributed by atoms with Crippen LogP contribution < -0.4 is 4.74 Å². The molecule has 1 aromatic carbocycles. The van der Waals surface area contributed by atoms with E-state index in [1.165, 1.54) is 18.2 Å². The SMILES string of the molecule is CC(=NO)c1ccc(F)cc1OC1CCCCCC1O. The van der Waals surface area contributed by atoms with Crippen molar-refractivity contribution in [2.24, 2.45) is 5.16 Å². The van der Waals surface area contributed by atoms with Crippen molar-refractivity contribution < 1.29 is 19.4 Å². The van der Waals surface area contributed by atoms with E-state index >= 15 is 0 Å². The Hall–Kier alpha value is -1.62. The van der Waals surface area contributed by atoms with Crippen molar-refractivity contribution in [2.75, 3.05) is 0 Å². The van der Waals surface area contributed by atoms with Crippen molar-refractivity contribution >= 4 is 5.71 Å². The molecular formula is C15H20FNO3. The topological polar surface area (TPSA) is 62.1 Å². The summed E-state index contributed by atoms with van der Waals surface area (Å²) in [5.74, 6) is -0.108. The second-order valence-corrected chi connectivity index (χ2v) is 5.19. The molecule has 1 saturated carbocycles. The van der Waals surface area contributed by atoms with Crippen LogP contribution in [0, 0.1) is 5.82 Å². The number of oxime groups is 1. The molecule has 110 valence electrons. The lowest BCUT2D eigenvalue weighted by atomic mass is 10.1. The Kier molecular flexibility index (Phi) is 4.95. The summed E-state index contributed by atoms with van der Waals surface area (Å²) in [6.07, 6.45) is 3.59. The molecule has 20 heavy (non-hydrogen) atoms. The highest BCUT2D eigenvalue weighted by Gasteiger charge is 2.24. The summed E-state index contributed by atoms with van der Waals surface area (Å²) in [6.45, 7) is 1.61. The summed E-state index contributed by atoms with van der Waals surface area (Å²) in [4.78, 5) is 0. The largest absolute Gasteiger partial charge is 0.487 e. The van der Waals surface area contributed by atoms with E-state index in [0.717, 1.165) is 25.7 Å². The standard InChI is InChI=1S/C15H20FNO3/c1-10(17-19)12-8-7-11(16)9-15(12)20-14-6-4-2-3-5-13(14)18/h7-9,13-14,18-19H,2-6H2,1H3. The van der Waals surface area contributed by atoms with Gasteiger partial charge in [-0.1, -0.05) is 18.0 Å². The second-order valence-electron chi connectivity index (χ2n) is 5.19. The Morgan fingerprint density at radius 3 is 2.80 bits per heavy atom. The Morgan fingerprint density at radius 2 is 2.05 bits per heavy atom. The number of aliphatic hydroxyl groups excluding tert-OH is 1. The average Bonchev–Trinajstić information content (AvgIpc) is 2.64. The van der Waals surface area contributed by atoms with Gasteiger partial charge in [0, 0.05) is 11.6 Å². The van der Waals surface area contributed by atoms with Gasteiger partial charge in [-0.3, -0.25) is 0 Å². The van der Waals surface area contributed by atoms with E-state index in [2.05, 4.69) is 5.16 Å². The zero-order chi connectivity index (χ0) is 14.5. The monoisotopic (exact) mass is 281 g/mol. The van der Waals surface area contributed by atoms with E-state index in [4.69, 9.17) is 9.94 Å². The summed E-state index contributed by atoms with van der Waals surface area (Å²) >= 11 is 0. The number of aliphatic hydroxyl groups is 1. The molecule has 0 bridgehead atoms. The van der Waals surface area contributed by atoms with Crippen molar-refractivity contribution in [1.82, 2.24) is 0 Å². The summed E-state index contributed by atoms with van der Waals surface area (Å²) in [5, 5.41) is 22.1. The van der Waals surface area contributed by atoms with Gasteiger partial charge in [-0.25, -0.2) is 4.39 Å². The van der Waals surface area contributed by atoms with E-state index in [9.17, 15) is 9.50 Å². The van der Waals surface area contributed by atoms with Crippen LogP contribution in [0.15, 0.2) is 23.4 Å². The molecule has 2 N–H and O–H groups in total. The molecule has 5 heteroatoms. The highest BCUT2D eigenvalue weighted by Crippen LogP contribution is 2.27. The molecule has 0 heterocycles. The first kappa shape index (κ1) is 14.8. The fraction of sp³-hybridized carbons (Fsp3) is 0.533. The Labute approximate surface area is 117 Å². The number of benzene rings is 1. The Morgan fingerprint density at radius 1 is 1.30 bits per heavy atom. The zero-order valence-corrected chi connectivity index (χ0v) is 11.6. The van der Waals surface area contributed by atoms with Crippen molar-refractivity contribution in [3.63, 3.8) is 0 Å². The fourth-order valence-electron chi connectivity index (χ4n) is 2.50. The Bertz CT molecular complexity index is 490. The van der Waals surface area contributed by atoms with Crippen molar-refractivity contribution in [1.29, 1.82) is 0 Å². The smallest absolute Gasteiger partial charge is 0.131 e. The lowest BCUT2D eigenvalue weighted by Crippen LogP contribution is -2.31. The number of rotatable bonds is 3. The molecule has 1 aromatic rings. The third-order valence-electron chi connectivity index (χ3n) is 3.68. The Balaban J connectivity index is 2.24. The fourth-order valence-corrected chi connectivity index (χ4v) is 2.50. The predicted molar refractivity (Wildman–Crippen MR) is 73.9 cm³/mol. The number of nitrogens with zero attached hydrogens (tertiary/aromatic N) is 1. The van der Waals surface area contributed by atoms with Gasteiger partial charge in [0.25, 0.3) is 0 Å². The molecule has 0 aromatic heterocycles. The maximum absolute atomic E-state index is 13.4. The normalized spacial score (nSPS) is 24.2. The van der Waals surface area contributed by atoms with Gasteiger partial charge in [-0.15, -0.1) is 0 Å². The summed E-state index contributed by atoms with van der Waals surface area (Å²) in [7, 11) is 0. The highest BCUT2D eigenvalue weighted by atomic mass is 19.1. The van der Waals surface area contributed by atoms with Crippen LogP contribution in [-0.2, 0) is 0 Å². The van der Waals surface area contributed by atoms with Crippen LogP contribution in [0.25, 0.3) is 0 Å². The van der Waals surface area contributed by atoms with Crippen molar-refractivity contribution in [3.05, 3.63) is 29.6 Å². The van der Waals surface area contributed by atoms with Gasteiger partial charge in [0.05, 0.1) is 11.8 Å². The zero-order valence-electron chi connectivity index (χ0n) is 11.6. The van der Waals surface area contributed by atoms with E-state index in [-0.39, 0.29) is 6.10 Å². The third-order valence-corrected chi connectivity index (χ3v) is 3.68. The van der Waals surface area contributed by atoms with Crippen LogP contribution in [0.3, 0.4) is 0 Å². The van der Waals surface area contributed by atoms with Gasteiger partial charge in [-0.2, -0.15) is 0 Å². The van der Waals surface area contributed by atoms with Gasteiger partial charge < -0.3 is 15.1 Å². The molecule has 0 saturated heterocycles. The molecule has 0 radical (unpaired) electrons. The summed E-state index contributed by atoms with van der Waals surface area (Å²) in [5.41, 5.74) is 0.883. The number of halogens is 1. The van der Waals surface area contributed by atoms with E-state index < -0.39 is 11.9 Å². The molecule has 1 aliphatic carbocycles. The molecule has 0 amide bonds. The molecule has 0 aliphatic heterocycles. The lowest BCUT2D eigenvalue weighted by molar-refractivity contribution is 0.0317. The third kappa shape index (κ3) is 3.48. The van der Waals surface area contributed by atoms with Crippen molar-refractivity contribution in [3.8, 4) is 5.75 Å². The number of ether oxygens (including phenoxy) is 1. The minimum absolute atomic E-state index is 0.311. The maximum atomic E-state index is 13.4. The van der Waals surface area contributed by atoms with Gasteiger partial charge in [0.1, 0.15) is 17.7 Å². The number of hydrogen-bond acceptors (Lipinski definition) is 4. The first-order valence-corrected chi connectivity index (χ1v) is 6.95. The molecular weight excluding hydrogens is 261 g/mol. The molecule has 2 rings (SSSR count). The molecule has 1 aliphatic rings. The van der Waals surface area contributed by atoms with Crippen LogP contribution in [-0.4, -0.2) is 28.2 Å². The summed E-state index contributed by atoms with van der Waals surface area (Å²) in [6, 6.07) is 4.07. The highest BCUT2D eigenvalue weighted by molar-refractivity contribution is 6.00. The van der Waals surface area contributed by atoms with Crippen LogP contribution in [0.1, 0.15) is 44.6 Å². The minimum Gasteiger partial charge on any atom is -0.487 e. The van der Waals surface area contributed by atoms with E-state index in [0.29, 0.717) is 23.4 Å².